The van der Waals surface area contributed by atoms with Gasteiger partial charge in [-0.15, -0.1) is 23.4 Å². The molecule has 1 aliphatic heterocycles. The van der Waals surface area contributed by atoms with Crippen molar-refractivity contribution in [2.45, 2.75) is 63.4 Å². The molecule has 2 aliphatic carbocycles. The van der Waals surface area contributed by atoms with Crippen LogP contribution >= 0.6 is 0 Å². The summed E-state index contributed by atoms with van der Waals surface area (Å²) in [5.74, 6) is 2.79. The van der Waals surface area contributed by atoms with E-state index in [0.717, 1.165) is 38.0 Å². The van der Waals surface area contributed by atoms with Crippen LogP contribution < -0.4 is 15.0 Å². The molecule has 8 nitrogen and oxygen atoms in total. The maximum atomic E-state index is 12.4. The molecule has 1 N–H and O–H groups in total. The predicted molar refractivity (Wildman–Crippen MR) is 137 cm³/mol. The number of hydrogen-bond acceptors (Lipinski definition) is 8. The van der Waals surface area contributed by atoms with E-state index in [1.54, 1.807) is 12.3 Å². The monoisotopic (exact) mass is 538 g/mol. The molecule has 2 saturated carbocycles. The number of nitrogens with zero attached hydrogens (tertiary/aromatic N) is 5. The molecule has 0 amide bonds. The van der Waals surface area contributed by atoms with Crippen molar-refractivity contribution in [3.8, 4) is 23.1 Å². The van der Waals surface area contributed by atoms with Crippen molar-refractivity contribution >= 4 is 11.8 Å². The van der Waals surface area contributed by atoms with Crippen LogP contribution in [0.25, 0.3) is 11.3 Å². The molecule has 39 heavy (non-hydrogen) atoms. The van der Waals surface area contributed by atoms with E-state index < -0.39 is 6.36 Å². The summed E-state index contributed by atoms with van der Waals surface area (Å²) >= 11 is 0. The van der Waals surface area contributed by atoms with Crippen LogP contribution in [-0.2, 0) is 0 Å². The Morgan fingerprint density at radius 3 is 2.59 bits per heavy atom. The van der Waals surface area contributed by atoms with Crippen LogP contribution in [0, 0.1) is 29.1 Å². The van der Waals surface area contributed by atoms with Gasteiger partial charge in [-0.3, -0.25) is 0 Å². The number of rotatable bonds is 7. The largest absolute Gasteiger partial charge is 0.573 e. The molecule has 3 fully saturated rings. The van der Waals surface area contributed by atoms with E-state index in [0.29, 0.717) is 46.8 Å². The highest BCUT2D eigenvalue weighted by molar-refractivity contribution is 5.58. The lowest BCUT2D eigenvalue weighted by molar-refractivity contribution is -0.274. The fourth-order valence-corrected chi connectivity index (χ4v) is 6.74. The fourth-order valence-electron chi connectivity index (χ4n) is 6.74. The molecular formula is C28H29F3N6O2. The minimum atomic E-state index is -4.73. The predicted octanol–water partition coefficient (Wildman–Crippen LogP) is 6.18. The first-order chi connectivity index (χ1) is 18.8. The molecule has 11 heteroatoms. The molecule has 1 saturated heterocycles. The van der Waals surface area contributed by atoms with Crippen molar-refractivity contribution in [1.82, 2.24) is 15.2 Å². The standard InChI is InChI=1S/C28H29F3N6O2/c29-28(30,31)39-22-8-5-18(6-9-22)25-15-33-27(38-25)34-23-4-2-1-3-19(23)13-20-11-17-12-24(20)37(16-17)26-10-7-21(14-32)35-36-26/h5-10,15,17,19-20,23-24H,1-4,11-13,16H2,(H,33,34)/t17-,19+,20-,23-,24-/m1/s1. The first kappa shape index (κ1) is 25.5. The van der Waals surface area contributed by atoms with Crippen LogP contribution in [-0.4, -0.2) is 40.2 Å². The van der Waals surface area contributed by atoms with Gasteiger partial charge < -0.3 is 19.4 Å². The highest BCUT2D eigenvalue weighted by atomic mass is 19.4. The fraction of sp³-hybridized carbons (Fsp3) is 0.500. The zero-order chi connectivity index (χ0) is 27.0. The van der Waals surface area contributed by atoms with E-state index >= 15 is 0 Å². The van der Waals surface area contributed by atoms with Gasteiger partial charge >= 0.3 is 6.36 Å². The van der Waals surface area contributed by atoms with Gasteiger partial charge in [0, 0.05) is 24.2 Å². The average molecular weight is 539 g/mol. The number of nitrogens with one attached hydrogen (secondary N) is 1. The highest BCUT2D eigenvalue weighted by Crippen LogP contribution is 2.47. The van der Waals surface area contributed by atoms with E-state index in [9.17, 15) is 13.2 Å². The lowest BCUT2D eigenvalue weighted by Crippen LogP contribution is -2.41. The maximum absolute atomic E-state index is 12.4. The Labute approximate surface area is 224 Å². The molecule has 2 bridgehead atoms. The van der Waals surface area contributed by atoms with Gasteiger partial charge in [0.15, 0.2) is 17.3 Å². The van der Waals surface area contributed by atoms with Crippen molar-refractivity contribution in [2.24, 2.45) is 17.8 Å². The normalized spacial score (nSPS) is 26.4. The third-order valence-corrected chi connectivity index (χ3v) is 8.37. The third kappa shape index (κ3) is 5.65. The Balaban J connectivity index is 1.10. The summed E-state index contributed by atoms with van der Waals surface area (Å²) in [6.45, 7) is 0.997. The second kappa shape index (κ2) is 10.4. The van der Waals surface area contributed by atoms with Crippen molar-refractivity contribution < 1.29 is 22.3 Å². The minimum absolute atomic E-state index is 0.245. The van der Waals surface area contributed by atoms with Gasteiger partial charge in [0.05, 0.1) is 6.20 Å². The van der Waals surface area contributed by atoms with E-state index in [2.05, 4.69) is 30.1 Å². The van der Waals surface area contributed by atoms with Gasteiger partial charge in [-0.25, -0.2) is 4.98 Å². The number of nitriles is 1. The van der Waals surface area contributed by atoms with Crippen LogP contribution in [0.15, 0.2) is 47.0 Å². The van der Waals surface area contributed by atoms with Gasteiger partial charge in [-0.1, -0.05) is 12.8 Å². The van der Waals surface area contributed by atoms with Crippen LogP contribution in [0.1, 0.15) is 50.6 Å². The molecule has 3 aromatic rings. The zero-order valence-corrected chi connectivity index (χ0v) is 21.3. The topological polar surface area (TPSA) is 100 Å². The summed E-state index contributed by atoms with van der Waals surface area (Å²) in [6.07, 6.45) is 4.92. The molecule has 3 heterocycles. The number of hydrogen-bond donors (Lipinski definition) is 1. The molecule has 0 spiro atoms. The average Bonchev–Trinajstić information content (AvgIpc) is 3.66. The van der Waals surface area contributed by atoms with Crippen molar-refractivity contribution in [1.29, 1.82) is 5.26 Å². The molecule has 3 aliphatic rings. The molecular weight excluding hydrogens is 509 g/mol. The van der Waals surface area contributed by atoms with Gasteiger partial charge in [0.1, 0.15) is 11.8 Å². The minimum Gasteiger partial charge on any atom is -0.424 e. The maximum Gasteiger partial charge on any atom is 0.573 e. The molecule has 204 valence electrons. The van der Waals surface area contributed by atoms with Crippen molar-refractivity contribution in [3.05, 3.63) is 48.3 Å². The summed E-state index contributed by atoms with van der Waals surface area (Å²) in [5, 5.41) is 20.9. The summed E-state index contributed by atoms with van der Waals surface area (Å²) in [6, 6.07) is 12.4. The second-order valence-electron chi connectivity index (χ2n) is 10.8. The summed E-state index contributed by atoms with van der Waals surface area (Å²) in [4.78, 5) is 6.78. The number of alkyl halides is 3. The highest BCUT2D eigenvalue weighted by Gasteiger charge is 2.46. The van der Waals surface area contributed by atoms with Crippen molar-refractivity contribution in [2.75, 3.05) is 16.8 Å². The van der Waals surface area contributed by atoms with Gasteiger partial charge in [-0.2, -0.15) is 5.26 Å². The number of anilines is 2. The molecule has 0 radical (unpaired) electrons. The molecule has 5 atom stereocenters. The van der Waals surface area contributed by atoms with Crippen molar-refractivity contribution in [3.63, 3.8) is 0 Å². The number of fused-ring (bicyclic) bond motifs is 2. The number of oxazole rings is 1. The number of ether oxygens (including phenoxy) is 1. The summed E-state index contributed by atoms with van der Waals surface area (Å²) in [5.41, 5.74) is 0.955. The Kier molecular flexibility index (Phi) is 6.79. The van der Waals surface area contributed by atoms with Crippen LogP contribution in [0.3, 0.4) is 0 Å². The SMILES string of the molecule is N#Cc1ccc(N2C[C@@H]3C[C@H](C[C@@H]4CCCC[C@H]4Nc4ncc(-c5ccc(OC(F)(F)F)cc5)o4)[C@H]2C3)nn1. The Morgan fingerprint density at radius 2 is 1.87 bits per heavy atom. The first-order valence-corrected chi connectivity index (χ1v) is 13.4. The number of benzene rings is 1. The van der Waals surface area contributed by atoms with Gasteiger partial charge in [-0.05, 0) is 86.3 Å². The molecule has 2 aromatic heterocycles. The quantitative estimate of drug-likeness (QED) is 0.381. The van der Waals surface area contributed by atoms with Gasteiger partial charge in [0.25, 0.3) is 6.01 Å². The Morgan fingerprint density at radius 1 is 1.05 bits per heavy atom. The lowest BCUT2D eigenvalue weighted by atomic mass is 9.77. The number of halogens is 3. The Hall–Kier alpha value is -3.81. The van der Waals surface area contributed by atoms with E-state index in [4.69, 9.17) is 9.68 Å². The molecule has 6 rings (SSSR count). The number of piperidine rings is 1. The van der Waals surface area contributed by atoms with E-state index in [1.165, 1.54) is 43.5 Å². The number of aromatic nitrogens is 3. The van der Waals surface area contributed by atoms with Crippen LogP contribution in [0.2, 0.25) is 0 Å². The van der Waals surface area contributed by atoms with Crippen LogP contribution in [0.4, 0.5) is 25.0 Å². The van der Waals surface area contributed by atoms with Gasteiger partial charge in [0.2, 0.25) is 0 Å². The summed E-state index contributed by atoms with van der Waals surface area (Å²) < 4.78 is 47.2. The second-order valence-corrected chi connectivity index (χ2v) is 10.8. The third-order valence-electron chi connectivity index (χ3n) is 8.37. The van der Waals surface area contributed by atoms with E-state index in [-0.39, 0.29) is 11.8 Å². The lowest BCUT2D eigenvalue weighted by Gasteiger charge is -2.39. The van der Waals surface area contributed by atoms with Crippen LogP contribution in [0.5, 0.6) is 5.75 Å². The first-order valence-electron chi connectivity index (χ1n) is 13.4. The smallest absolute Gasteiger partial charge is 0.424 e. The summed E-state index contributed by atoms with van der Waals surface area (Å²) in [7, 11) is 0. The molecule has 0 unspecified atom stereocenters. The van der Waals surface area contributed by atoms with E-state index in [1.807, 2.05) is 12.1 Å². The Bertz CT molecular complexity index is 1320. The molecule has 1 aromatic carbocycles. The zero-order valence-electron chi connectivity index (χ0n) is 21.3.